The number of aromatic nitrogens is 1. The first-order valence-electron chi connectivity index (χ1n) is 13.7. The number of carbonyl (C=O) groups is 1. The number of amides is 1. The van der Waals surface area contributed by atoms with E-state index in [4.69, 9.17) is 20.7 Å². The molecule has 1 unspecified atom stereocenters. The summed E-state index contributed by atoms with van der Waals surface area (Å²) in [6.45, 7) is 11.0. The average Bonchev–Trinajstić information content (AvgIpc) is 2.90. The van der Waals surface area contributed by atoms with Crippen LogP contribution in [0.2, 0.25) is 0 Å². The molecule has 1 amide bonds. The van der Waals surface area contributed by atoms with Crippen LogP contribution in [-0.4, -0.2) is 77.2 Å². The van der Waals surface area contributed by atoms with Gasteiger partial charge in [0, 0.05) is 74.1 Å². The van der Waals surface area contributed by atoms with Crippen molar-refractivity contribution in [3.63, 3.8) is 0 Å². The van der Waals surface area contributed by atoms with Crippen molar-refractivity contribution in [1.82, 2.24) is 14.8 Å². The molecule has 0 spiro atoms. The molecular formula is C30H39FN6O3. The summed E-state index contributed by atoms with van der Waals surface area (Å²) in [5, 5.41) is 13.2. The normalized spacial score (nSPS) is 20.9. The molecule has 2 aliphatic rings. The Bertz CT molecular complexity index is 1280. The van der Waals surface area contributed by atoms with Gasteiger partial charge in [0.1, 0.15) is 18.0 Å². The summed E-state index contributed by atoms with van der Waals surface area (Å²) in [5.74, 6) is -0.411. The summed E-state index contributed by atoms with van der Waals surface area (Å²) in [5.41, 5.74) is 10.3. The third kappa shape index (κ3) is 7.44. The van der Waals surface area contributed by atoms with Crippen molar-refractivity contribution in [2.45, 2.75) is 52.1 Å². The van der Waals surface area contributed by atoms with Crippen molar-refractivity contribution in [1.29, 1.82) is 5.41 Å². The molecule has 1 saturated heterocycles. The Morgan fingerprint density at radius 3 is 2.60 bits per heavy atom. The molecular weight excluding hydrogens is 511 g/mol. The standard InChI is InChI=1S/C30H39FN6O3/c1-20(32)28-26(33)16-22(24-8-7-23(31)18-25(24)21-6-5-9-34-19-21)17-27(28)35-39-15-14-36-10-12-37(13-11-36)29(38)40-30(2,3)4/h5-9,18-19,22,33H,10-17,32H2,1-4H3/b28-20+,33-26?,35-27+. The Balaban J connectivity index is 1.41. The number of oxime groups is 1. The lowest BCUT2D eigenvalue weighted by molar-refractivity contribution is 0.0117. The lowest BCUT2D eigenvalue weighted by Crippen LogP contribution is -2.50. The number of hydrogen-bond acceptors (Lipinski definition) is 8. The van der Waals surface area contributed by atoms with Crippen LogP contribution in [0, 0.1) is 11.2 Å². The van der Waals surface area contributed by atoms with Crippen LogP contribution in [0.25, 0.3) is 11.1 Å². The molecule has 0 radical (unpaired) electrons. The number of hydrogen-bond donors (Lipinski definition) is 2. The summed E-state index contributed by atoms with van der Waals surface area (Å²) in [4.78, 5) is 26.2. The molecule has 1 aromatic heterocycles. The lowest BCUT2D eigenvalue weighted by atomic mass is 9.76. The number of nitrogens with one attached hydrogen (secondary N) is 1. The largest absolute Gasteiger partial charge is 0.444 e. The molecule has 214 valence electrons. The minimum absolute atomic E-state index is 0.0883. The van der Waals surface area contributed by atoms with Crippen LogP contribution in [0.3, 0.4) is 0 Å². The van der Waals surface area contributed by atoms with Crippen molar-refractivity contribution < 1.29 is 18.8 Å². The van der Waals surface area contributed by atoms with E-state index in [0.717, 1.165) is 29.8 Å². The fraction of sp³-hybridized carbons (Fsp3) is 0.467. The summed E-state index contributed by atoms with van der Waals surface area (Å²) >= 11 is 0. The van der Waals surface area contributed by atoms with E-state index >= 15 is 0 Å². The van der Waals surface area contributed by atoms with E-state index in [1.807, 2.05) is 32.9 Å². The first-order valence-corrected chi connectivity index (χ1v) is 13.7. The van der Waals surface area contributed by atoms with Gasteiger partial charge in [-0.15, -0.1) is 0 Å². The molecule has 3 N–H and O–H groups in total. The number of piperazine rings is 1. The van der Waals surface area contributed by atoms with Crippen LogP contribution in [0.15, 0.2) is 59.2 Å². The minimum atomic E-state index is -0.512. The van der Waals surface area contributed by atoms with Crippen molar-refractivity contribution in [2.24, 2.45) is 10.9 Å². The van der Waals surface area contributed by atoms with Crippen LogP contribution in [-0.2, 0) is 9.57 Å². The van der Waals surface area contributed by atoms with E-state index < -0.39 is 5.60 Å². The number of benzene rings is 1. The van der Waals surface area contributed by atoms with Gasteiger partial charge in [0.2, 0.25) is 0 Å². The quantitative estimate of drug-likeness (QED) is 0.389. The number of carbonyl (C=O) groups excluding carboxylic acids is 1. The number of nitrogens with zero attached hydrogens (tertiary/aromatic N) is 4. The molecule has 9 nitrogen and oxygen atoms in total. The number of halogens is 1. The molecule has 2 aromatic rings. The highest BCUT2D eigenvalue weighted by Crippen LogP contribution is 2.38. The van der Waals surface area contributed by atoms with Crippen molar-refractivity contribution in [3.05, 3.63) is 65.4 Å². The minimum Gasteiger partial charge on any atom is -0.444 e. The fourth-order valence-electron chi connectivity index (χ4n) is 5.13. The lowest BCUT2D eigenvalue weighted by Gasteiger charge is -2.35. The molecule has 1 aromatic carbocycles. The SMILES string of the molecule is C/C(N)=C1/C(=N)CC(c2ccc(F)cc2-c2cccnc2)C/C1=N\OCCN1CCN(C(=O)OC(C)(C)C)CC1. The van der Waals surface area contributed by atoms with Crippen molar-refractivity contribution in [2.75, 3.05) is 39.3 Å². The number of nitrogens with two attached hydrogens (primary N) is 1. The zero-order chi connectivity index (χ0) is 28.9. The molecule has 1 atom stereocenters. The zero-order valence-electron chi connectivity index (χ0n) is 23.7. The molecule has 10 heteroatoms. The van der Waals surface area contributed by atoms with E-state index in [9.17, 15) is 9.18 Å². The van der Waals surface area contributed by atoms with Crippen LogP contribution in [0.4, 0.5) is 9.18 Å². The number of rotatable bonds is 6. The Morgan fingerprint density at radius 2 is 1.95 bits per heavy atom. The van der Waals surface area contributed by atoms with Gasteiger partial charge in [-0.05, 0) is 69.4 Å². The smallest absolute Gasteiger partial charge is 0.410 e. The molecule has 1 saturated carbocycles. The monoisotopic (exact) mass is 550 g/mol. The maximum Gasteiger partial charge on any atom is 0.410 e. The van der Waals surface area contributed by atoms with Crippen LogP contribution in [0.5, 0.6) is 0 Å². The van der Waals surface area contributed by atoms with E-state index in [1.54, 1.807) is 30.3 Å². The molecule has 0 bridgehead atoms. The van der Waals surface area contributed by atoms with Crippen LogP contribution in [0.1, 0.15) is 52.0 Å². The Kier molecular flexibility index (Phi) is 9.19. The van der Waals surface area contributed by atoms with Crippen molar-refractivity contribution >= 4 is 17.5 Å². The maximum absolute atomic E-state index is 14.2. The predicted molar refractivity (Wildman–Crippen MR) is 154 cm³/mol. The highest BCUT2D eigenvalue weighted by atomic mass is 19.1. The van der Waals surface area contributed by atoms with Crippen molar-refractivity contribution in [3.8, 4) is 11.1 Å². The second kappa shape index (κ2) is 12.6. The summed E-state index contributed by atoms with van der Waals surface area (Å²) < 4.78 is 19.7. The highest BCUT2D eigenvalue weighted by Gasteiger charge is 2.31. The number of pyridine rings is 1. The van der Waals surface area contributed by atoms with Crippen LogP contribution >= 0.6 is 0 Å². The van der Waals surface area contributed by atoms with E-state index in [-0.39, 0.29) is 17.8 Å². The molecule has 4 rings (SSSR count). The first-order chi connectivity index (χ1) is 19.0. The van der Waals surface area contributed by atoms with E-state index in [0.29, 0.717) is 61.8 Å². The predicted octanol–water partition coefficient (Wildman–Crippen LogP) is 4.94. The molecule has 40 heavy (non-hydrogen) atoms. The number of ether oxygens (including phenoxy) is 1. The Labute approximate surface area is 235 Å². The van der Waals surface area contributed by atoms with Gasteiger partial charge in [-0.2, -0.15) is 0 Å². The van der Waals surface area contributed by atoms with Crippen LogP contribution < -0.4 is 5.73 Å². The summed E-state index contributed by atoms with van der Waals surface area (Å²) in [6.07, 6.45) is 4.09. The topological polar surface area (TPSA) is 117 Å². The third-order valence-electron chi connectivity index (χ3n) is 7.00. The van der Waals surface area contributed by atoms with E-state index in [1.165, 1.54) is 12.1 Å². The van der Waals surface area contributed by atoms with Gasteiger partial charge in [-0.3, -0.25) is 9.88 Å². The van der Waals surface area contributed by atoms with E-state index in [2.05, 4.69) is 15.0 Å². The maximum atomic E-state index is 14.2. The zero-order valence-corrected chi connectivity index (χ0v) is 23.7. The van der Waals surface area contributed by atoms with Gasteiger partial charge in [0.15, 0.2) is 0 Å². The van der Waals surface area contributed by atoms with Gasteiger partial charge in [0.05, 0.1) is 5.71 Å². The van der Waals surface area contributed by atoms with Gasteiger partial charge in [-0.25, -0.2) is 9.18 Å². The molecule has 1 aliphatic carbocycles. The Morgan fingerprint density at radius 1 is 1.20 bits per heavy atom. The fourth-order valence-corrected chi connectivity index (χ4v) is 5.13. The second-order valence-corrected chi connectivity index (χ2v) is 11.3. The van der Waals surface area contributed by atoms with Gasteiger partial charge in [-0.1, -0.05) is 17.3 Å². The highest BCUT2D eigenvalue weighted by molar-refractivity contribution is 6.25. The summed E-state index contributed by atoms with van der Waals surface area (Å²) in [6, 6.07) is 8.48. The van der Waals surface area contributed by atoms with Gasteiger partial charge < -0.3 is 25.6 Å². The average molecular weight is 551 g/mol. The molecule has 2 heterocycles. The Hall–Kier alpha value is -3.79. The second-order valence-electron chi connectivity index (χ2n) is 11.3. The summed E-state index contributed by atoms with van der Waals surface area (Å²) in [7, 11) is 0. The molecule has 1 aliphatic heterocycles. The third-order valence-corrected chi connectivity index (χ3v) is 7.00. The van der Waals surface area contributed by atoms with Gasteiger partial charge >= 0.3 is 6.09 Å². The first kappa shape index (κ1) is 29.2. The van der Waals surface area contributed by atoms with Gasteiger partial charge in [0.25, 0.3) is 0 Å². The number of allylic oxidation sites excluding steroid dienone is 2. The molecule has 2 fully saturated rings.